The van der Waals surface area contributed by atoms with Crippen LogP contribution in [0.25, 0.3) is 11.1 Å². The summed E-state index contributed by atoms with van der Waals surface area (Å²) in [7, 11) is 1.32. The molecule has 0 amide bonds. The summed E-state index contributed by atoms with van der Waals surface area (Å²) in [5.74, 6) is 0.652. The third-order valence-electron chi connectivity index (χ3n) is 3.15. The van der Waals surface area contributed by atoms with E-state index >= 15 is 0 Å². The summed E-state index contributed by atoms with van der Waals surface area (Å²) in [5.41, 5.74) is 1.39. The van der Waals surface area contributed by atoms with Gasteiger partial charge < -0.3 is 18.6 Å². The summed E-state index contributed by atoms with van der Waals surface area (Å²) in [6, 6.07) is 14.2. The van der Waals surface area contributed by atoms with Gasteiger partial charge >= 0.3 is 12.0 Å². The summed E-state index contributed by atoms with van der Waals surface area (Å²) >= 11 is 0. The van der Waals surface area contributed by atoms with Crippen molar-refractivity contribution in [2.24, 2.45) is 0 Å². The second kappa shape index (κ2) is 6.39. The highest BCUT2D eigenvalue weighted by atomic mass is 16.6. The Labute approximate surface area is 132 Å². The van der Waals surface area contributed by atoms with Crippen molar-refractivity contribution < 1.29 is 23.4 Å². The highest BCUT2D eigenvalue weighted by Crippen LogP contribution is 2.26. The number of hydrogen-bond acceptors (Lipinski definition) is 6. The zero-order chi connectivity index (χ0) is 16.2. The highest BCUT2D eigenvalue weighted by Gasteiger charge is 2.14. The third-order valence-corrected chi connectivity index (χ3v) is 3.15. The van der Waals surface area contributed by atoms with Crippen LogP contribution in [0.4, 0.5) is 0 Å². The second-order valence-corrected chi connectivity index (χ2v) is 4.80. The van der Waals surface area contributed by atoms with E-state index in [0.29, 0.717) is 17.1 Å². The number of oxazole rings is 1. The number of carbonyl (C=O) groups excluding carboxylic acids is 1. The number of para-hydroxylation sites is 2. The normalized spacial score (nSPS) is 11.9. The highest BCUT2D eigenvalue weighted by molar-refractivity contribution is 5.74. The van der Waals surface area contributed by atoms with Crippen molar-refractivity contribution in [3.63, 3.8) is 0 Å². The molecular formula is C17H15NO5. The van der Waals surface area contributed by atoms with Gasteiger partial charge in [0.05, 0.1) is 7.11 Å². The minimum atomic E-state index is -0.677. The lowest BCUT2D eigenvalue weighted by Crippen LogP contribution is -2.24. The molecule has 2 aromatic carbocycles. The number of rotatable bonds is 5. The Morgan fingerprint density at radius 2 is 1.78 bits per heavy atom. The lowest BCUT2D eigenvalue weighted by Gasteiger charge is -2.12. The summed E-state index contributed by atoms with van der Waals surface area (Å²) in [6.45, 7) is 1.62. The Balaban J connectivity index is 1.68. The first kappa shape index (κ1) is 14.9. The summed E-state index contributed by atoms with van der Waals surface area (Å²) in [5, 5.41) is 0. The van der Waals surface area contributed by atoms with Crippen LogP contribution < -0.4 is 9.47 Å². The van der Waals surface area contributed by atoms with Gasteiger partial charge in [0, 0.05) is 0 Å². The van der Waals surface area contributed by atoms with Crippen LogP contribution in [0.2, 0.25) is 0 Å². The lowest BCUT2D eigenvalue weighted by molar-refractivity contribution is -0.147. The van der Waals surface area contributed by atoms with Gasteiger partial charge in [0.25, 0.3) is 0 Å². The molecule has 0 unspecified atom stereocenters. The molecule has 1 heterocycles. The van der Waals surface area contributed by atoms with Gasteiger partial charge in [-0.2, -0.15) is 4.98 Å². The van der Waals surface area contributed by atoms with Crippen molar-refractivity contribution in [3.8, 4) is 17.6 Å². The van der Waals surface area contributed by atoms with E-state index in [-0.39, 0.29) is 6.08 Å². The topological polar surface area (TPSA) is 70.8 Å². The van der Waals surface area contributed by atoms with Gasteiger partial charge in [0.15, 0.2) is 11.7 Å². The van der Waals surface area contributed by atoms with Crippen LogP contribution >= 0.6 is 0 Å². The number of hydrogen-bond donors (Lipinski definition) is 0. The molecule has 0 aliphatic heterocycles. The van der Waals surface area contributed by atoms with Crippen molar-refractivity contribution in [1.82, 2.24) is 4.98 Å². The van der Waals surface area contributed by atoms with Crippen molar-refractivity contribution >= 4 is 17.1 Å². The van der Waals surface area contributed by atoms with Crippen LogP contribution in [0.5, 0.6) is 17.6 Å². The predicted molar refractivity (Wildman–Crippen MR) is 82.6 cm³/mol. The number of aromatic nitrogens is 1. The van der Waals surface area contributed by atoms with Gasteiger partial charge in [0.1, 0.15) is 17.0 Å². The number of benzene rings is 2. The number of methoxy groups -OCH3 is 1. The Morgan fingerprint density at radius 3 is 2.48 bits per heavy atom. The van der Waals surface area contributed by atoms with E-state index < -0.39 is 12.1 Å². The Bertz CT molecular complexity index is 776. The zero-order valence-corrected chi connectivity index (χ0v) is 12.7. The van der Waals surface area contributed by atoms with Crippen molar-refractivity contribution in [1.29, 1.82) is 0 Å². The maximum atomic E-state index is 11.3. The van der Waals surface area contributed by atoms with Crippen LogP contribution in [0.1, 0.15) is 6.92 Å². The Hall–Kier alpha value is -3.02. The molecule has 3 aromatic rings. The van der Waals surface area contributed by atoms with E-state index in [9.17, 15) is 4.79 Å². The maximum absolute atomic E-state index is 11.3. The first-order valence-corrected chi connectivity index (χ1v) is 7.03. The molecule has 6 nitrogen and oxygen atoms in total. The van der Waals surface area contributed by atoms with Gasteiger partial charge in [-0.25, -0.2) is 4.79 Å². The van der Waals surface area contributed by atoms with Crippen LogP contribution in [0.15, 0.2) is 52.9 Å². The number of nitrogens with zero attached hydrogens (tertiary/aromatic N) is 1. The number of esters is 1. The van der Waals surface area contributed by atoms with Gasteiger partial charge in [-0.15, -0.1) is 0 Å². The molecule has 0 aliphatic carbocycles. The maximum Gasteiger partial charge on any atom is 0.400 e. The standard InChI is InChI=1S/C17H15NO5/c1-11(16(19)20-2)21-12-7-9-13(10-8-12)22-17-18-14-5-3-4-6-15(14)23-17/h3-11H,1-2H3/t11-/m1/s1. The molecule has 3 rings (SSSR count). The van der Waals surface area contributed by atoms with Gasteiger partial charge in [0.2, 0.25) is 0 Å². The van der Waals surface area contributed by atoms with E-state index in [1.165, 1.54) is 7.11 Å². The average Bonchev–Trinajstić information content (AvgIpc) is 2.98. The molecule has 0 saturated carbocycles. The minimum Gasteiger partial charge on any atom is -0.479 e. The summed E-state index contributed by atoms with van der Waals surface area (Å²) in [6.07, 6.45) is -0.508. The molecule has 0 radical (unpaired) electrons. The molecule has 23 heavy (non-hydrogen) atoms. The second-order valence-electron chi connectivity index (χ2n) is 4.80. The van der Waals surface area contributed by atoms with Crippen molar-refractivity contribution in [3.05, 3.63) is 48.5 Å². The molecular weight excluding hydrogens is 298 g/mol. The quantitative estimate of drug-likeness (QED) is 0.671. The summed E-state index contributed by atoms with van der Waals surface area (Å²) < 4.78 is 21.1. The molecule has 1 atom stereocenters. The van der Waals surface area contributed by atoms with E-state index in [0.717, 1.165) is 5.52 Å². The SMILES string of the molecule is COC(=O)[C@@H](C)Oc1ccc(Oc2nc3ccccc3o2)cc1. The molecule has 0 bridgehead atoms. The van der Waals surface area contributed by atoms with Gasteiger partial charge in [-0.3, -0.25) is 0 Å². The fourth-order valence-corrected chi connectivity index (χ4v) is 2.00. The molecule has 0 N–H and O–H groups in total. The zero-order valence-electron chi connectivity index (χ0n) is 12.7. The van der Waals surface area contributed by atoms with Gasteiger partial charge in [-0.1, -0.05) is 12.1 Å². The third kappa shape index (κ3) is 3.42. The molecule has 0 aliphatic rings. The van der Waals surface area contributed by atoms with Gasteiger partial charge in [-0.05, 0) is 43.3 Å². The molecule has 1 aromatic heterocycles. The fourth-order valence-electron chi connectivity index (χ4n) is 2.00. The average molecular weight is 313 g/mol. The van der Waals surface area contributed by atoms with E-state index in [4.69, 9.17) is 13.9 Å². The van der Waals surface area contributed by atoms with E-state index in [1.807, 2.05) is 24.3 Å². The largest absolute Gasteiger partial charge is 0.479 e. The smallest absolute Gasteiger partial charge is 0.400 e. The number of fused-ring (bicyclic) bond motifs is 1. The molecule has 6 heteroatoms. The predicted octanol–water partition coefficient (Wildman–Crippen LogP) is 3.56. The van der Waals surface area contributed by atoms with Crippen LogP contribution in [-0.2, 0) is 9.53 Å². The number of ether oxygens (including phenoxy) is 3. The van der Waals surface area contributed by atoms with E-state index in [2.05, 4.69) is 9.72 Å². The lowest BCUT2D eigenvalue weighted by atomic mass is 10.3. The first-order chi connectivity index (χ1) is 11.2. The molecule has 0 fully saturated rings. The van der Waals surface area contributed by atoms with Crippen molar-refractivity contribution in [2.45, 2.75) is 13.0 Å². The first-order valence-electron chi connectivity index (χ1n) is 7.03. The van der Waals surface area contributed by atoms with Crippen LogP contribution in [-0.4, -0.2) is 24.2 Å². The fraction of sp³-hybridized carbons (Fsp3) is 0.176. The Kier molecular flexibility index (Phi) is 4.14. The number of carbonyl (C=O) groups is 1. The van der Waals surface area contributed by atoms with Crippen molar-refractivity contribution in [2.75, 3.05) is 7.11 Å². The molecule has 0 spiro atoms. The van der Waals surface area contributed by atoms with Crippen LogP contribution in [0, 0.1) is 0 Å². The molecule has 118 valence electrons. The monoisotopic (exact) mass is 313 g/mol. The van der Waals surface area contributed by atoms with E-state index in [1.54, 1.807) is 31.2 Å². The minimum absolute atomic E-state index is 0.169. The molecule has 0 saturated heterocycles. The Morgan fingerprint density at radius 1 is 1.09 bits per heavy atom. The summed E-state index contributed by atoms with van der Waals surface area (Å²) in [4.78, 5) is 15.5. The van der Waals surface area contributed by atoms with Crippen LogP contribution in [0.3, 0.4) is 0 Å².